The molecule has 1 heterocycles. The number of hydrogen-bond donors (Lipinski definition) is 1. The highest BCUT2D eigenvalue weighted by Crippen LogP contribution is 2.43. The molecule has 1 aromatic carbocycles. The van der Waals surface area contributed by atoms with Crippen LogP contribution in [0.15, 0.2) is 18.2 Å². The molecule has 1 aromatic rings. The van der Waals surface area contributed by atoms with Crippen LogP contribution in [0.25, 0.3) is 0 Å². The van der Waals surface area contributed by atoms with Crippen LogP contribution in [0.3, 0.4) is 0 Å². The fourth-order valence-electron chi connectivity index (χ4n) is 3.24. The molecule has 3 rings (SSSR count). The minimum absolute atomic E-state index is 0.573. The Hall–Kier alpha value is -0.730. The molecule has 2 aliphatic rings. The monoisotopic (exact) mass is 236 g/mol. The normalized spacial score (nSPS) is 27.8. The summed E-state index contributed by atoms with van der Waals surface area (Å²) in [6.07, 6.45) is 4.05. The summed E-state index contributed by atoms with van der Waals surface area (Å²) >= 11 is 6.33. The summed E-state index contributed by atoms with van der Waals surface area (Å²) in [5, 5.41) is 0.857. The Bertz CT molecular complexity index is 405. The second-order valence-corrected chi connectivity index (χ2v) is 5.34. The maximum atomic E-state index is 6.33. The lowest BCUT2D eigenvalue weighted by molar-refractivity contribution is 0.552. The Morgan fingerprint density at radius 2 is 2.25 bits per heavy atom. The van der Waals surface area contributed by atoms with Gasteiger partial charge in [0.25, 0.3) is 0 Å². The van der Waals surface area contributed by atoms with Gasteiger partial charge in [-0.1, -0.05) is 23.7 Å². The van der Waals surface area contributed by atoms with Gasteiger partial charge in [0.05, 0.1) is 10.7 Å². The molecule has 2 bridgehead atoms. The molecular formula is C13H17ClN2. The van der Waals surface area contributed by atoms with E-state index in [-0.39, 0.29) is 0 Å². The van der Waals surface area contributed by atoms with Crippen molar-refractivity contribution in [1.29, 1.82) is 0 Å². The van der Waals surface area contributed by atoms with E-state index in [2.05, 4.69) is 11.0 Å². The summed E-state index contributed by atoms with van der Waals surface area (Å²) in [5.41, 5.74) is 8.17. The van der Waals surface area contributed by atoms with E-state index < -0.39 is 0 Å². The van der Waals surface area contributed by atoms with Crippen LogP contribution in [0, 0.1) is 5.92 Å². The first-order valence-corrected chi connectivity index (χ1v) is 6.41. The summed E-state index contributed by atoms with van der Waals surface area (Å²) in [5.74, 6) is 0.881. The van der Waals surface area contributed by atoms with Gasteiger partial charge in [-0.25, -0.2) is 0 Å². The van der Waals surface area contributed by atoms with Gasteiger partial charge >= 0.3 is 0 Å². The average molecular weight is 237 g/mol. The van der Waals surface area contributed by atoms with Gasteiger partial charge in [-0.05, 0) is 36.8 Å². The molecule has 16 heavy (non-hydrogen) atoms. The zero-order valence-electron chi connectivity index (χ0n) is 9.32. The molecular weight excluding hydrogens is 220 g/mol. The summed E-state index contributed by atoms with van der Waals surface area (Å²) in [6.45, 7) is 1.74. The van der Waals surface area contributed by atoms with Gasteiger partial charge in [-0.15, -0.1) is 0 Å². The standard InChI is InChI=1S/C13H17ClN2/c14-12-3-1-2-10(7-15)13(12)16-8-9-4-5-11(16)6-9/h1-3,9,11H,4-8,15H2. The van der Waals surface area contributed by atoms with Gasteiger partial charge in [-0.3, -0.25) is 0 Å². The number of benzene rings is 1. The van der Waals surface area contributed by atoms with Crippen molar-refractivity contribution in [2.75, 3.05) is 11.4 Å². The van der Waals surface area contributed by atoms with E-state index >= 15 is 0 Å². The molecule has 2 N–H and O–H groups in total. The van der Waals surface area contributed by atoms with E-state index in [0.717, 1.165) is 10.9 Å². The fourth-order valence-corrected chi connectivity index (χ4v) is 3.55. The second kappa shape index (κ2) is 3.94. The predicted molar refractivity (Wildman–Crippen MR) is 67.8 cm³/mol. The van der Waals surface area contributed by atoms with Gasteiger partial charge in [0.2, 0.25) is 0 Å². The number of hydrogen-bond acceptors (Lipinski definition) is 2. The average Bonchev–Trinajstić information content (AvgIpc) is 2.90. The Labute approximate surface area is 101 Å². The van der Waals surface area contributed by atoms with Crippen LogP contribution in [0.4, 0.5) is 5.69 Å². The van der Waals surface area contributed by atoms with Crippen molar-refractivity contribution in [2.24, 2.45) is 11.7 Å². The van der Waals surface area contributed by atoms with Crippen LogP contribution >= 0.6 is 11.6 Å². The lowest BCUT2D eigenvalue weighted by atomic mass is 10.1. The third-order valence-electron chi connectivity index (χ3n) is 3.99. The lowest BCUT2D eigenvalue weighted by Crippen LogP contribution is -2.33. The van der Waals surface area contributed by atoms with E-state index in [1.54, 1.807) is 0 Å². The molecule has 1 aliphatic heterocycles. The zero-order chi connectivity index (χ0) is 11.1. The Morgan fingerprint density at radius 1 is 1.38 bits per heavy atom. The molecule has 1 saturated carbocycles. The molecule has 2 fully saturated rings. The van der Waals surface area contributed by atoms with Crippen molar-refractivity contribution in [2.45, 2.75) is 31.8 Å². The largest absolute Gasteiger partial charge is 0.367 e. The molecule has 86 valence electrons. The third kappa shape index (κ3) is 1.52. The van der Waals surface area contributed by atoms with Gasteiger partial charge in [-0.2, -0.15) is 0 Å². The van der Waals surface area contributed by atoms with E-state index in [1.807, 2.05) is 12.1 Å². The van der Waals surface area contributed by atoms with E-state index in [4.69, 9.17) is 17.3 Å². The number of piperidine rings is 1. The Morgan fingerprint density at radius 3 is 2.88 bits per heavy atom. The number of nitrogens with zero attached hydrogens (tertiary/aromatic N) is 1. The van der Waals surface area contributed by atoms with Gasteiger partial charge < -0.3 is 10.6 Å². The van der Waals surface area contributed by atoms with Crippen molar-refractivity contribution in [3.8, 4) is 0 Å². The molecule has 0 radical (unpaired) electrons. The topological polar surface area (TPSA) is 29.3 Å². The molecule has 1 saturated heterocycles. The maximum Gasteiger partial charge on any atom is 0.0643 e. The quantitative estimate of drug-likeness (QED) is 0.856. The van der Waals surface area contributed by atoms with E-state index in [1.165, 1.54) is 37.1 Å². The molecule has 0 spiro atoms. The van der Waals surface area contributed by atoms with Gasteiger partial charge in [0.15, 0.2) is 0 Å². The Kier molecular flexibility index (Phi) is 2.56. The minimum atomic E-state index is 0.573. The van der Waals surface area contributed by atoms with Gasteiger partial charge in [0.1, 0.15) is 0 Å². The van der Waals surface area contributed by atoms with E-state index in [9.17, 15) is 0 Å². The summed E-state index contributed by atoms with van der Waals surface area (Å²) in [4.78, 5) is 2.48. The molecule has 1 aliphatic carbocycles. The molecule has 2 atom stereocenters. The third-order valence-corrected chi connectivity index (χ3v) is 4.29. The molecule has 0 aromatic heterocycles. The highest BCUT2D eigenvalue weighted by molar-refractivity contribution is 6.33. The van der Waals surface area contributed by atoms with Gasteiger partial charge in [0, 0.05) is 19.1 Å². The number of halogens is 1. The SMILES string of the molecule is NCc1cccc(Cl)c1N1CC2CCC1C2. The number of rotatable bonds is 2. The van der Waals surface area contributed by atoms with Crippen molar-refractivity contribution in [3.63, 3.8) is 0 Å². The van der Waals surface area contributed by atoms with Crippen LogP contribution in [0.5, 0.6) is 0 Å². The predicted octanol–water partition coefficient (Wildman–Crippen LogP) is 2.79. The first-order valence-electron chi connectivity index (χ1n) is 6.03. The maximum absolute atomic E-state index is 6.33. The van der Waals surface area contributed by atoms with Crippen LogP contribution < -0.4 is 10.6 Å². The van der Waals surface area contributed by atoms with Crippen LogP contribution in [-0.4, -0.2) is 12.6 Å². The minimum Gasteiger partial charge on any atom is -0.367 e. The second-order valence-electron chi connectivity index (χ2n) is 4.94. The lowest BCUT2D eigenvalue weighted by Gasteiger charge is -2.31. The number of para-hydroxylation sites is 1. The highest BCUT2D eigenvalue weighted by Gasteiger charge is 2.38. The van der Waals surface area contributed by atoms with Crippen molar-refractivity contribution < 1.29 is 0 Å². The van der Waals surface area contributed by atoms with Crippen LogP contribution in [0.2, 0.25) is 5.02 Å². The van der Waals surface area contributed by atoms with Crippen LogP contribution in [-0.2, 0) is 6.54 Å². The first kappa shape index (κ1) is 10.4. The number of nitrogens with two attached hydrogens (primary N) is 1. The number of anilines is 1. The van der Waals surface area contributed by atoms with Crippen molar-refractivity contribution in [3.05, 3.63) is 28.8 Å². The van der Waals surface area contributed by atoms with Crippen molar-refractivity contribution >= 4 is 17.3 Å². The number of fused-ring (bicyclic) bond motifs is 2. The molecule has 3 heteroatoms. The highest BCUT2D eigenvalue weighted by atomic mass is 35.5. The summed E-state index contributed by atoms with van der Waals surface area (Å²) < 4.78 is 0. The van der Waals surface area contributed by atoms with E-state index in [0.29, 0.717) is 12.6 Å². The first-order chi connectivity index (χ1) is 7.79. The molecule has 2 unspecified atom stereocenters. The fraction of sp³-hybridized carbons (Fsp3) is 0.538. The smallest absolute Gasteiger partial charge is 0.0643 e. The zero-order valence-corrected chi connectivity index (χ0v) is 10.1. The molecule has 2 nitrogen and oxygen atoms in total. The van der Waals surface area contributed by atoms with Crippen LogP contribution in [0.1, 0.15) is 24.8 Å². The Balaban J connectivity index is 1.99. The summed E-state index contributed by atoms with van der Waals surface area (Å²) in [6, 6.07) is 6.76. The molecule has 0 amide bonds. The summed E-state index contributed by atoms with van der Waals surface area (Å²) in [7, 11) is 0. The van der Waals surface area contributed by atoms with Crippen molar-refractivity contribution in [1.82, 2.24) is 0 Å².